The summed E-state index contributed by atoms with van der Waals surface area (Å²) >= 11 is 1.52. The third kappa shape index (κ3) is 3.08. The van der Waals surface area contributed by atoms with Crippen molar-refractivity contribution < 1.29 is 8.42 Å². The van der Waals surface area contributed by atoms with Gasteiger partial charge in [0.05, 0.1) is 0 Å². The quantitative estimate of drug-likeness (QED) is 0.928. The van der Waals surface area contributed by atoms with Crippen molar-refractivity contribution in [1.82, 2.24) is 9.62 Å². The first-order chi connectivity index (χ1) is 9.36. The first-order valence-electron chi connectivity index (χ1n) is 7.08. The fourth-order valence-corrected chi connectivity index (χ4v) is 6.50. The Balaban J connectivity index is 2.37. The minimum atomic E-state index is -3.36. The molecule has 114 valence electrons. The third-order valence-corrected chi connectivity index (χ3v) is 7.06. The molecular weight excluding hydrogens is 292 g/mol. The molecule has 1 N–H and O–H groups in total. The van der Waals surface area contributed by atoms with E-state index in [0.29, 0.717) is 36.4 Å². The first-order valence-corrected chi connectivity index (χ1v) is 9.40. The lowest BCUT2D eigenvalue weighted by Gasteiger charge is -2.34. The van der Waals surface area contributed by atoms with E-state index in [1.165, 1.54) is 11.3 Å². The van der Waals surface area contributed by atoms with Gasteiger partial charge in [-0.2, -0.15) is 4.31 Å². The SMILES string of the molecule is CNCc1scc(C)c1S(=O)(=O)N1CC(C)CC(C)C1. The van der Waals surface area contributed by atoms with Crippen LogP contribution in [0.4, 0.5) is 0 Å². The molecule has 2 unspecified atom stereocenters. The molecule has 1 aromatic rings. The number of thiophene rings is 1. The molecule has 6 heteroatoms. The van der Waals surface area contributed by atoms with E-state index in [2.05, 4.69) is 19.2 Å². The van der Waals surface area contributed by atoms with E-state index in [9.17, 15) is 8.42 Å². The van der Waals surface area contributed by atoms with Crippen molar-refractivity contribution in [1.29, 1.82) is 0 Å². The van der Waals surface area contributed by atoms with Crippen LogP contribution in [0.2, 0.25) is 0 Å². The molecular formula is C14H24N2O2S2. The molecule has 2 rings (SSSR count). The number of nitrogens with one attached hydrogen (secondary N) is 1. The predicted molar refractivity (Wildman–Crippen MR) is 83.5 cm³/mol. The molecule has 1 fully saturated rings. The number of hydrogen-bond acceptors (Lipinski definition) is 4. The van der Waals surface area contributed by atoms with E-state index in [0.717, 1.165) is 16.9 Å². The Morgan fingerprint density at radius 3 is 2.50 bits per heavy atom. The lowest BCUT2D eigenvalue weighted by Crippen LogP contribution is -2.42. The highest BCUT2D eigenvalue weighted by Gasteiger charge is 2.34. The molecule has 0 saturated carbocycles. The van der Waals surface area contributed by atoms with Crippen molar-refractivity contribution in [2.45, 2.75) is 38.6 Å². The zero-order valence-corrected chi connectivity index (χ0v) is 14.3. The second kappa shape index (κ2) is 6.13. The highest BCUT2D eigenvalue weighted by atomic mass is 32.2. The Morgan fingerprint density at radius 2 is 1.95 bits per heavy atom. The lowest BCUT2D eigenvalue weighted by molar-refractivity contribution is 0.222. The summed E-state index contributed by atoms with van der Waals surface area (Å²) in [7, 11) is -1.52. The number of sulfonamides is 1. The minimum absolute atomic E-state index is 0.431. The Kier molecular flexibility index (Phi) is 4.89. The van der Waals surface area contributed by atoms with Crippen molar-refractivity contribution in [3.05, 3.63) is 15.8 Å². The average Bonchev–Trinajstić information content (AvgIpc) is 2.70. The molecule has 2 heterocycles. The molecule has 4 nitrogen and oxygen atoms in total. The monoisotopic (exact) mass is 316 g/mol. The summed E-state index contributed by atoms with van der Waals surface area (Å²) in [6, 6.07) is 0. The van der Waals surface area contributed by atoms with Gasteiger partial charge in [-0.1, -0.05) is 13.8 Å². The maximum absolute atomic E-state index is 13.0. The number of rotatable bonds is 4. The average molecular weight is 316 g/mol. The number of nitrogens with zero attached hydrogens (tertiary/aromatic N) is 1. The van der Waals surface area contributed by atoms with E-state index in [1.807, 2.05) is 19.4 Å². The van der Waals surface area contributed by atoms with Crippen LogP contribution in [0.3, 0.4) is 0 Å². The Labute approximate surface area is 126 Å². The van der Waals surface area contributed by atoms with Crippen LogP contribution in [-0.2, 0) is 16.6 Å². The van der Waals surface area contributed by atoms with E-state index >= 15 is 0 Å². The summed E-state index contributed by atoms with van der Waals surface area (Å²) in [5, 5.41) is 5.00. The largest absolute Gasteiger partial charge is 0.315 e. The molecule has 0 aliphatic carbocycles. The van der Waals surface area contributed by atoms with Gasteiger partial charge in [-0.05, 0) is 43.2 Å². The first kappa shape index (κ1) is 15.9. The van der Waals surface area contributed by atoms with Crippen LogP contribution < -0.4 is 5.32 Å². The zero-order valence-electron chi connectivity index (χ0n) is 12.6. The molecule has 2 atom stereocenters. The fourth-order valence-electron chi connectivity index (χ4n) is 3.05. The summed E-state index contributed by atoms with van der Waals surface area (Å²) < 4.78 is 27.6. The Hall–Kier alpha value is -0.430. The van der Waals surface area contributed by atoms with E-state index in [-0.39, 0.29) is 0 Å². The standard InChI is InChI=1S/C14H24N2O2S2/c1-10-5-11(2)8-16(7-10)20(17,18)14-12(3)9-19-13(14)6-15-4/h9-11,15H,5-8H2,1-4H3. The maximum atomic E-state index is 13.0. The van der Waals surface area contributed by atoms with Crippen LogP contribution in [0.15, 0.2) is 10.3 Å². The van der Waals surface area contributed by atoms with Gasteiger partial charge < -0.3 is 5.32 Å². The Bertz CT molecular complexity index is 556. The van der Waals surface area contributed by atoms with Crippen LogP contribution in [0.25, 0.3) is 0 Å². The summed E-state index contributed by atoms with van der Waals surface area (Å²) in [5.41, 5.74) is 0.867. The van der Waals surface area contributed by atoms with E-state index < -0.39 is 10.0 Å². The molecule has 20 heavy (non-hydrogen) atoms. The highest BCUT2D eigenvalue weighted by molar-refractivity contribution is 7.89. The van der Waals surface area contributed by atoms with Gasteiger partial charge in [0.1, 0.15) is 4.90 Å². The molecule has 1 aliphatic rings. The topological polar surface area (TPSA) is 49.4 Å². The summed E-state index contributed by atoms with van der Waals surface area (Å²) in [5.74, 6) is 0.862. The van der Waals surface area contributed by atoms with Gasteiger partial charge in [-0.25, -0.2) is 8.42 Å². The molecule has 0 bridgehead atoms. The zero-order chi connectivity index (χ0) is 14.9. The van der Waals surface area contributed by atoms with Crippen LogP contribution in [0.1, 0.15) is 30.7 Å². The second-order valence-corrected chi connectivity index (χ2v) is 8.81. The van der Waals surface area contributed by atoms with Crippen molar-refractivity contribution in [2.75, 3.05) is 20.1 Å². The van der Waals surface area contributed by atoms with Crippen LogP contribution in [0, 0.1) is 18.8 Å². The number of piperidine rings is 1. The molecule has 1 aliphatic heterocycles. The Morgan fingerprint density at radius 1 is 1.35 bits per heavy atom. The van der Waals surface area contributed by atoms with Crippen molar-refractivity contribution in [2.24, 2.45) is 11.8 Å². The van der Waals surface area contributed by atoms with E-state index in [4.69, 9.17) is 0 Å². The van der Waals surface area contributed by atoms with Crippen molar-refractivity contribution in [3.8, 4) is 0 Å². The fraction of sp³-hybridized carbons (Fsp3) is 0.714. The van der Waals surface area contributed by atoms with Gasteiger partial charge in [0.15, 0.2) is 0 Å². The van der Waals surface area contributed by atoms with Gasteiger partial charge in [0.25, 0.3) is 0 Å². The predicted octanol–water partition coefficient (Wildman–Crippen LogP) is 2.44. The van der Waals surface area contributed by atoms with Crippen molar-refractivity contribution >= 4 is 21.4 Å². The number of hydrogen-bond donors (Lipinski definition) is 1. The minimum Gasteiger partial charge on any atom is -0.315 e. The van der Waals surface area contributed by atoms with Gasteiger partial charge in [0, 0.05) is 24.5 Å². The number of aryl methyl sites for hydroxylation is 1. The van der Waals surface area contributed by atoms with Gasteiger partial charge in [-0.15, -0.1) is 11.3 Å². The highest BCUT2D eigenvalue weighted by Crippen LogP contribution is 2.32. The van der Waals surface area contributed by atoms with Crippen LogP contribution in [0.5, 0.6) is 0 Å². The van der Waals surface area contributed by atoms with Gasteiger partial charge in [0.2, 0.25) is 10.0 Å². The van der Waals surface area contributed by atoms with E-state index in [1.54, 1.807) is 4.31 Å². The summed E-state index contributed by atoms with van der Waals surface area (Å²) in [6.45, 7) is 8.04. The molecule has 0 spiro atoms. The molecule has 1 saturated heterocycles. The van der Waals surface area contributed by atoms with Crippen LogP contribution >= 0.6 is 11.3 Å². The molecule has 0 radical (unpaired) electrons. The van der Waals surface area contributed by atoms with Crippen molar-refractivity contribution in [3.63, 3.8) is 0 Å². The normalized spacial score (nSPS) is 25.0. The lowest BCUT2D eigenvalue weighted by atomic mass is 9.94. The molecule has 0 aromatic carbocycles. The smallest absolute Gasteiger partial charge is 0.244 e. The summed E-state index contributed by atoms with van der Waals surface area (Å²) in [4.78, 5) is 1.44. The molecule has 0 amide bonds. The van der Waals surface area contributed by atoms with Gasteiger partial charge >= 0.3 is 0 Å². The second-order valence-electron chi connectivity index (χ2n) is 5.97. The van der Waals surface area contributed by atoms with Crippen LogP contribution in [-0.4, -0.2) is 32.9 Å². The third-order valence-electron chi connectivity index (χ3n) is 3.76. The van der Waals surface area contributed by atoms with Gasteiger partial charge in [-0.3, -0.25) is 0 Å². The maximum Gasteiger partial charge on any atom is 0.244 e. The summed E-state index contributed by atoms with van der Waals surface area (Å²) in [6.07, 6.45) is 1.11. The molecule has 1 aromatic heterocycles.